The molecule has 2 rings (SSSR count). The van der Waals surface area contributed by atoms with Gasteiger partial charge in [-0.3, -0.25) is 4.90 Å². The summed E-state index contributed by atoms with van der Waals surface area (Å²) in [5.74, 6) is -0.181. The van der Waals surface area contributed by atoms with Crippen molar-refractivity contribution in [2.24, 2.45) is 11.1 Å². The molecule has 0 amide bonds. The second kappa shape index (κ2) is 5.81. The van der Waals surface area contributed by atoms with Gasteiger partial charge in [0.2, 0.25) is 0 Å². The third-order valence-electron chi connectivity index (χ3n) is 3.41. The van der Waals surface area contributed by atoms with E-state index in [1.165, 1.54) is 12.1 Å². The molecule has 0 bridgehead atoms. The van der Waals surface area contributed by atoms with Crippen molar-refractivity contribution < 1.29 is 9.60 Å². The number of hydrogen-bond donors (Lipinski definition) is 1. The van der Waals surface area contributed by atoms with Crippen LogP contribution in [0.5, 0.6) is 0 Å². The van der Waals surface area contributed by atoms with Crippen LogP contribution in [-0.4, -0.2) is 28.9 Å². The van der Waals surface area contributed by atoms with Crippen molar-refractivity contribution in [3.05, 3.63) is 35.1 Å². The summed E-state index contributed by atoms with van der Waals surface area (Å²) in [4.78, 5) is 2.18. The maximum atomic E-state index is 13.3. The molecule has 1 unspecified atom stereocenters. The average Bonchev–Trinajstić information content (AvgIpc) is 2.38. The highest BCUT2D eigenvalue weighted by molar-refractivity contribution is 5.86. The van der Waals surface area contributed by atoms with Crippen molar-refractivity contribution in [1.82, 2.24) is 4.90 Å². The van der Waals surface area contributed by atoms with Gasteiger partial charge in [-0.1, -0.05) is 12.1 Å². The summed E-state index contributed by atoms with van der Waals surface area (Å²) in [7, 11) is 0. The maximum Gasteiger partial charge on any atom is 0.124 e. The molecular formula is C14H16FN3O. The van der Waals surface area contributed by atoms with Gasteiger partial charge in [0.25, 0.3) is 0 Å². The lowest BCUT2D eigenvalue weighted by molar-refractivity contribution is 0.228. The van der Waals surface area contributed by atoms with Crippen LogP contribution in [-0.2, 0) is 6.54 Å². The van der Waals surface area contributed by atoms with Crippen molar-refractivity contribution >= 4 is 5.71 Å². The van der Waals surface area contributed by atoms with Gasteiger partial charge >= 0.3 is 0 Å². The molecule has 19 heavy (non-hydrogen) atoms. The van der Waals surface area contributed by atoms with Crippen LogP contribution in [0.25, 0.3) is 0 Å². The van der Waals surface area contributed by atoms with E-state index in [1.54, 1.807) is 6.07 Å². The van der Waals surface area contributed by atoms with Crippen LogP contribution in [0.15, 0.2) is 23.4 Å². The molecule has 1 heterocycles. The molecule has 0 spiro atoms. The average molecular weight is 261 g/mol. The van der Waals surface area contributed by atoms with Gasteiger partial charge in [0.05, 0.1) is 17.3 Å². The van der Waals surface area contributed by atoms with Gasteiger partial charge in [0.1, 0.15) is 5.82 Å². The predicted molar refractivity (Wildman–Crippen MR) is 69.4 cm³/mol. The number of piperidine rings is 1. The van der Waals surface area contributed by atoms with E-state index in [1.807, 2.05) is 13.0 Å². The topological polar surface area (TPSA) is 59.6 Å². The number of hydrogen-bond acceptors (Lipinski definition) is 4. The van der Waals surface area contributed by atoms with Crippen molar-refractivity contribution in [2.45, 2.75) is 19.9 Å². The quantitative estimate of drug-likeness (QED) is 0.656. The monoisotopic (exact) mass is 261 g/mol. The van der Waals surface area contributed by atoms with Gasteiger partial charge in [0, 0.05) is 32.0 Å². The number of likely N-dealkylation sites (tertiary alicyclic amines) is 1. The summed E-state index contributed by atoms with van der Waals surface area (Å²) >= 11 is 0. The van der Waals surface area contributed by atoms with Crippen molar-refractivity contribution in [1.29, 1.82) is 5.26 Å². The lowest BCUT2D eigenvalue weighted by Gasteiger charge is -2.31. The molecule has 1 aliphatic rings. The highest BCUT2D eigenvalue weighted by Crippen LogP contribution is 2.17. The molecule has 0 saturated carbocycles. The number of nitriles is 1. The van der Waals surface area contributed by atoms with Crippen molar-refractivity contribution in [3.8, 4) is 6.07 Å². The number of nitrogens with zero attached hydrogens (tertiary/aromatic N) is 3. The first-order chi connectivity index (χ1) is 9.12. The van der Waals surface area contributed by atoms with Crippen LogP contribution in [0, 0.1) is 23.1 Å². The molecule has 1 aromatic rings. The molecule has 100 valence electrons. The molecule has 1 N–H and O–H groups in total. The van der Waals surface area contributed by atoms with Crippen LogP contribution in [0.2, 0.25) is 0 Å². The van der Waals surface area contributed by atoms with E-state index >= 15 is 0 Å². The highest BCUT2D eigenvalue weighted by atomic mass is 19.1. The Bertz CT molecular complexity index is 536. The summed E-state index contributed by atoms with van der Waals surface area (Å²) in [6.45, 7) is 4.17. The maximum absolute atomic E-state index is 13.3. The van der Waals surface area contributed by atoms with Gasteiger partial charge in [-0.25, -0.2) is 4.39 Å². The number of halogens is 1. The van der Waals surface area contributed by atoms with Crippen LogP contribution < -0.4 is 0 Å². The van der Waals surface area contributed by atoms with E-state index in [4.69, 9.17) is 10.5 Å². The zero-order valence-electron chi connectivity index (χ0n) is 10.8. The summed E-state index contributed by atoms with van der Waals surface area (Å²) < 4.78 is 13.3. The first kappa shape index (κ1) is 13.5. The third-order valence-corrected chi connectivity index (χ3v) is 3.41. The fourth-order valence-corrected chi connectivity index (χ4v) is 2.46. The smallest absolute Gasteiger partial charge is 0.124 e. The largest absolute Gasteiger partial charge is 0.411 e. The Labute approximate surface area is 111 Å². The molecule has 0 radical (unpaired) electrons. The normalized spacial score (nSPS) is 22.4. The SMILES string of the molecule is CC1CN(Cc2cc(F)cc(C#N)c2)CC/C1=N\O. The first-order valence-electron chi connectivity index (χ1n) is 6.25. The van der Waals surface area contributed by atoms with E-state index < -0.39 is 0 Å². The van der Waals surface area contributed by atoms with Gasteiger partial charge < -0.3 is 5.21 Å². The molecule has 5 heteroatoms. The molecule has 0 aromatic heterocycles. The van der Waals surface area contributed by atoms with Gasteiger partial charge in [-0.05, 0) is 23.8 Å². The zero-order valence-corrected chi connectivity index (χ0v) is 10.8. The third kappa shape index (κ3) is 3.30. The molecule has 1 aliphatic heterocycles. The second-order valence-electron chi connectivity index (χ2n) is 4.94. The molecule has 1 atom stereocenters. The molecule has 1 saturated heterocycles. The van der Waals surface area contributed by atoms with Crippen LogP contribution in [0.1, 0.15) is 24.5 Å². The summed E-state index contributed by atoms with van der Waals surface area (Å²) in [5.41, 5.74) is 1.96. The van der Waals surface area contributed by atoms with E-state index in [9.17, 15) is 4.39 Å². The Morgan fingerprint density at radius 1 is 1.53 bits per heavy atom. The van der Waals surface area contributed by atoms with E-state index in [-0.39, 0.29) is 11.7 Å². The van der Waals surface area contributed by atoms with E-state index in [2.05, 4.69) is 10.1 Å². The van der Waals surface area contributed by atoms with Crippen molar-refractivity contribution in [3.63, 3.8) is 0 Å². The van der Waals surface area contributed by atoms with Gasteiger partial charge in [-0.2, -0.15) is 5.26 Å². The highest BCUT2D eigenvalue weighted by Gasteiger charge is 2.22. The fourth-order valence-electron chi connectivity index (χ4n) is 2.46. The molecule has 1 fully saturated rings. The molecule has 0 aliphatic carbocycles. The Morgan fingerprint density at radius 3 is 2.95 bits per heavy atom. The van der Waals surface area contributed by atoms with E-state index in [0.717, 1.165) is 30.8 Å². The lowest BCUT2D eigenvalue weighted by Crippen LogP contribution is -2.39. The minimum absolute atomic E-state index is 0.197. The minimum atomic E-state index is -0.378. The Kier molecular flexibility index (Phi) is 4.13. The van der Waals surface area contributed by atoms with Gasteiger partial charge in [0.15, 0.2) is 0 Å². The second-order valence-corrected chi connectivity index (χ2v) is 4.94. The number of oxime groups is 1. The van der Waals surface area contributed by atoms with E-state index in [0.29, 0.717) is 12.1 Å². The minimum Gasteiger partial charge on any atom is -0.411 e. The van der Waals surface area contributed by atoms with Crippen LogP contribution >= 0.6 is 0 Å². The lowest BCUT2D eigenvalue weighted by atomic mass is 9.97. The van der Waals surface area contributed by atoms with Gasteiger partial charge in [-0.15, -0.1) is 0 Å². The summed E-state index contributed by atoms with van der Waals surface area (Å²) in [6.07, 6.45) is 0.720. The molecule has 1 aromatic carbocycles. The number of benzene rings is 1. The Balaban J connectivity index is 2.06. The van der Waals surface area contributed by atoms with Crippen molar-refractivity contribution in [2.75, 3.05) is 13.1 Å². The number of rotatable bonds is 2. The zero-order chi connectivity index (χ0) is 13.8. The predicted octanol–water partition coefficient (Wildman–Crippen LogP) is 2.37. The fraction of sp³-hybridized carbons (Fsp3) is 0.429. The Hall–Kier alpha value is -1.93. The molecule has 4 nitrogen and oxygen atoms in total. The van der Waals surface area contributed by atoms with Crippen LogP contribution in [0.3, 0.4) is 0 Å². The molecular weight excluding hydrogens is 245 g/mol. The summed E-state index contributed by atoms with van der Waals surface area (Å²) in [5, 5.41) is 21.0. The Morgan fingerprint density at radius 2 is 2.32 bits per heavy atom. The first-order valence-corrected chi connectivity index (χ1v) is 6.25. The standard InChI is InChI=1S/C14H16FN3O/c1-10-8-18(3-2-14(10)17-19)9-12-4-11(7-16)5-13(15)6-12/h4-6,10,19H,2-3,8-9H2,1H3/b17-14+. The summed E-state index contributed by atoms with van der Waals surface area (Å²) in [6, 6.07) is 6.37. The van der Waals surface area contributed by atoms with Crippen LogP contribution in [0.4, 0.5) is 4.39 Å².